The summed E-state index contributed by atoms with van der Waals surface area (Å²) in [4.78, 5) is 13.5. The van der Waals surface area contributed by atoms with Gasteiger partial charge in [0.25, 0.3) is 5.91 Å². The Balaban J connectivity index is 2.50. The highest BCUT2D eigenvalue weighted by Gasteiger charge is 2.09. The Morgan fingerprint density at radius 1 is 1.42 bits per heavy atom. The van der Waals surface area contributed by atoms with Crippen molar-refractivity contribution in [1.82, 2.24) is 4.90 Å². The molecule has 0 bridgehead atoms. The Bertz CT molecular complexity index is 431. The fraction of sp³-hybridized carbons (Fsp3) is 0.500. The van der Waals surface area contributed by atoms with Crippen molar-refractivity contribution in [2.75, 3.05) is 31.2 Å². The summed E-state index contributed by atoms with van der Waals surface area (Å²) in [5, 5.41) is 3.24. The number of nitrogens with two attached hydrogens (primary N) is 2. The molecule has 5 nitrogen and oxygen atoms in total. The molecule has 1 amide bonds. The van der Waals surface area contributed by atoms with Gasteiger partial charge in [-0.1, -0.05) is 6.07 Å². The largest absolute Gasteiger partial charge is 0.396 e. The van der Waals surface area contributed by atoms with E-state index in [1.54, 1.807) is 12.1 Å². The number of anilines is 2. The average molecular weight is 264 g/mol. The molecule has 0 atom stereocenters. The van der Waals surface area contributed by atoms with Gasteiger partial charge in [0.05, 0.1) is 16.9 Å². The molecule has 1 aromatic carbocycles. The first-order chi connectivity index (χ1) is 8.93. The molecular weight excluding hydrogens is 240 g/mol. The number of carbonyl (C=O) groups excluding carboxylic acids is 1. The van der Waals surface area contributed by atoms with E-state index in [0.717, 1.165) is 25.2 Å². The third kappa shape index (κ3) is 4.44. The van der Waals surface area contributed by atoms with Gasteiger partial charge < -0.3 is 21.7 Å². The Morgan fingerprint density at radius 2 is 2.11 bits per heavy atom. The molecule has 1 aromatic rings. The number of carbonyl (C=O) groups is 1. The minimum atomic E-state index is -0.499. The van der Waals surface area contributed by atoms with Gasteiger partial charge in [0, 0.05) is 12.6 Å². The molecule has 0 radical (unpaired) electrons. The van der Waals surface area contributed by atoms with E-state index in [-0.39, 0.29) is 0 Å². The maximum absolute atomic E-state index is 11.2. The number of rotatable bonds is 7. The summed E-state index contributed by atoms with van der Waals surface area (Å²) in [7, 11) is 2.10. The molecule has 0 fully saturated rings. The second kappa shape index (κ2) is 6.99. The predicted molar refractivity (Wildman–Crippen MR) is 80.2 cm³/mol. The molecule has 0 aliphatic heterocycles. The van der Waals surface area contributed by atoms with Crippen molar-refractivity contribution in [1.29, 1.82) is 0 Å². The first-order valence-corrected chi connectivity index (χ1v) is 6.56. The molecule has 106 valence electrons. The van der Waals surface area contributed by atoms with Crippen LogP contribution in [-0.2, 0) is 0 Å². The molecule has 5 heteroatoms. The van der Waals surface area contributed by atoms with E-state index in [9.17, 15) is 4.79 Å². The van der Waals surface area contributed by atoms with Crippen molar-refractivity contribution in [3.63, 3.8) is 0 Å². The molecule has 5 N–H and O–H groups in total. The zero-order valence-electron chi connectivity index (χ0n) is 11.9. The lowest BCUT2D eigenvalue weighted by atomic mass is 10.1. The van der Waals surface area contributed by atoms with Crippen LogP contribution in [0.3, 0.4) is 0 Å². The lowest BCUT2D eigenvalue weighted by Crippen LogP contribution is -2.28. The Hall–Kier alpha value is -1.75. The molecule has 0 spiro atoms. The van der Waals surface area contributed by atoms with Crippen molar-refractivity contribution >= 4 is 17.3 Å². The van der Waals surface area contributed by atoms with Gasteiger partial charge in [0.15, 0.2) is 0 Å². The highest BCUT2D eigenvalue weighted by molar-refractivity contribution is 6.00. The number of nitrogen functional groups attached to an aromatic ring is 1. The highest BCUT2D eigenvalue weighted by atomic mass is 16.1. The van der Waals surface area contributed by atoms with Crippen LogP contribution >= 0.6 is 0 Å². The standard InChI is InChI=1S/C14H24N4O/c1-10(2)18(3)9-5-8-17-12-7-4-6-11(13(12)15)14(16)19/h4,6-7,10,17H,5,8-9,15H2,1-3H3,(H2,16,19). The minimum absolute atomic E-state index is 0.365. The molecular formula is C14H24N4O. The number of hydrogen-bond acceptors (Lipinski definition) is 4. The van der Waals surface area contributed by atoms with E-state index in [1.165, 1.54) is 0 Å². The summed E-state index contributed by atoms with van der Waals surface area (Å²) in [6, 6.07) is 5.81. The van der Waals surface area contributed by atoms with Crippen molar-refractivity contribution in [2.24, 2.45) is 5.73 Å². The monoisotopic (exact) mass is 264 g/mol. The molecule has 0 saturated heterocycles. The summed E-state index contributed by atoms with van der Waals surface area (Å²) >= 11 is 0. The molecule has 0 aromatic heterocycles. The van der Waals surface area contributed by atoms with Gasteiger partial charge >= 0.3 is 0 Å². The Labute approximate surface area is 115 Å². The number of benzene rings is 1. The van der Waals surface area contributed by atoms with Gasteiger partial charge in [-0.2, -0.15) is 0 Å². The second-order valence-corrected chi connectivity index (χ2v) is 4.99. The SMILES string of the molecule is CC(C)N(C)CCCNc1cccc(C(N)=O)c1N. The third-order valence-corrected chi connectivity index (χ3v) is 3.26. The maximum atomic E-state index is 11.2. The average Bonchev–Trinajstić information content (AvgIpc) is 2.35. The van der Waals surface area contributed by atoms with Crippen LogP contribution in [0.2, 0.25) is 0 Å². The first-order valence-electron chi connectivity index (χ1n) is 6.56. The van der Waals surface area contributed by atoms with Crippen LogP contribution < -0.4 is 16.8 Å². The quantitative estimate of drug-likeness (QED) is 0.515. The molecule has 0 saturated carbocycles. The molecule has 0 heterocycles. The van der Waals surface area contributed by atoms with Crippen LogP contribution in [-0.4, -0.2) is 37.0 Å². The van der Waals surface area contributed by atoms with E-state index in [4.69, 9.17) is 11.5 Å². The van der Waals surface area contributed by atoms with Crippen molar-refractivity contribution in [3.8, 4) is 0 Å². The first kappa shape index (κ1) is 15.3. The zero-order chi connectivity index (χ0) is 14.4. The summed E-state index contributed by atoms with van der Waals surface area (Å²) in [6.45, 7) is 6.16. The normalized spacial score (nSPS) is 11.0. The lowest BCUT2D eigenvalue weighted by Gasteiger charge is -2.21. The highest BCUT2D eigenvalue weighted by Crippen LogP contribution is 2.22. The van der Waals surface area contributed by atoms with Crippen molar-refractivity contribution in [3.05, 3.63) is 23.8 Å². The molecule has 0 aliphatic carbocycles. The van der Waals surface area contributed by atoms with Crippen molar-refractivity contribution < 1.29 is 4.79 Å². The summed E-state index contributed by atoms with van der Waals surface area (Å²) in [5.41, 5.74) is 12.7. The number of hydrogen-bond donors (Lipinski definition) is 3. The van der Waals surface area contributed by atoms with Gasteiger partial charge in [0.2, 0.25) is 0 Å². The van der Waals surface area contributed by atoms with Crippen LogP contribution in [0.4, 0.5) is 11.4 Å². The summed E-state index contributed by atoms with van der Waals surface area (Å²) < 4.78 is 0. The number of nitrogens with one attached hydrogen (secondary N) is 1. The maximum Gasteiger partial charge on any atom is 0.250 e. The smallest absolute Gasteiger partial charge is 0.250 e. The van der Waals surface area contributed by atoms with Crippen LogP contribution in [0, 0.1) is 0 Å². The lowest BCUT2D eigenvalue weighted by molar-refractivity contribution is 0.100. The van der Waals surface area contributed by atoms with Gasteiger partial charge in [-0.15, -0.1) is 0 Å². The van der Waals surface area contributed by atoms with E-state index in [2.05, 4.69) is 31.1 Å². The van der Waals surface area contributed by atoms with Crippen LogP contribution in [0.25, 0.3) is 0 Å². The Morgan fingerprint density at radius 3 is 2.68 bits per heavy atom. The van der Waals surface area contributed by atoms with Crippen LogP contribution in [0.1, 0.15) is 30.6 Å². The molecule has 1 rings (SSSR count). The zero-order valence-corrected chi connectivity index (χ0v) is 11.9. The van der Waals surface area contributed by atoms with Gasteiger partial charge in [-0.05, 0) is 46.0 Å². The number of amides is 1. The second-order valence-electron chi connectivity index (χ2n) is 4.99. The van der Waals surface area contributed by atoms with E-state index in [1.807, 2.05) is 6.07 Å². The number of para-hydroxylation sites is 1. The van der Waals surface area contributed by atoms with E-state index in [0.29, 0.717) is 17.3 Å². The molecule has 19 heavy (non-hydrogen) atoms. The van der Waals surface area contributed by atoms with Gasteiger partial charge in [-0.25, -0.2) is 0 Å². The van der Waals surface area contributed by atoms with Crippen LogP contribution in [0.5, 0.6) is 0 Å². The minimum Gasteiger partial charge on any atom is -0.396 e. The fourth-order valence-electron chi connectivity index (χ4n) is 1.74. The summed E-state index contributed by atoms with van der Waals surface area (Å²) in [6.07, 6.45) is 1.01. The third-order valence-electron chi connectivity index (χ3n) is 3.26. The molecule has 0 aliphatic rings. The topological polar surface area (TPSA) is 84.4 Å². The van der Waals surface area contributed by atoms with Crippen LogP contribution in [0.15, 0.2) is 18.2 Å². The fourth-order valence-corrected chi connectivity index (χ4v) is 1.74. The van der Waals surface area contributed by atoms with Gasteiger partial charge in [0.1, 0.15) is 0 Å². The van der Waals surface area contributed by atoms with E-state index >= 15 is 0 Å². The van der Waals surface area contributed by atoms with Gasteiger partial charge in [-0.3, -0.25) is 4.79 Å². The molecule has 0 unspecified atom stereocenters. The Kier molecular flexibility index (Phi) is 5.63. The van der Waals surface area contributed by atoms with E-state index < -0.39 is 5.91 Å². The predicted octanol–water partition coefficient (Wildman–Crippen LogP) is 1.51. The number of primary amides is 1. The number of nitrogens with zero attached hydrogens (tertiary/aromatic N) is 1. The van der Waals surface area contributed by atoms with Crippen molar-refractivity contribution in [2.45, 2.75) is 26.3 Å². The summed E-state index contributed by atoms with van der Waals surface area (Å²) in [5.74, 6) is -0.499.